The second kappa shape index (κ2) is 7.67. The molecule has 0 bridgehead atoms. The molecule has 0 radical (unpaired) electrons. The number of carbonyl (C=O) groups is 1. The van der Waals surface area contributed by atoms with Gasteiger partial charge < -0.3 is 9.73 Å². The van der Waals surface area contributed by atoms with Gasteiger partial charge in [0.25, 0.3) is 5.91 Å². The molecule has 2 aliphatic heterocycles. The first-order chi connectivity index (χ1) is 13.4. The number of piperidine rings is 1. The number of likely N-dealkylation sites (tertiary alicyclic amines) is 1. The van der Waals surface area contributed by atoms with E-state index in [-0.39, 0.29) is 29.1 Å². The standard InChI is InChI=1S/C20H25N3O4S/c1-14-18(22-20(27-14)15-8-4-2-5-9-15)19(24)21-16-12-28(25,26)13-17(16)23-10-6-3-7-11-23/h2,4-5,8-9,16-17H,3,6-7,10-13H2,1H3,(H,21,24). The van der Waals surface area contributed by atoms with Crippen LogP contribution in [0.15, 0.2) is 34.7 Å². The summed E-state index contributed by atoms with van der Waals surface area (Å²) in [6.07, 6.45) is 3.31. The number of oxazole rings is 1. The number of hydrogen-bond acceptors (Lipinski definition) is 6. The van der Waals surface area contributed by atoms with Crippen molar-refractivity contribution in [1.29, 1.82) is 0 Å². The molecule has 2 aromatic rings. The summed E-state index contributed by atoms with van der Waals surface area (Å²) >= 11 is 0. The summed E-state index contributed by atoms with van der Waals surface area (Å²) in [6, 6.07) is 8.78. The Hall–Kier alpha value is -2.19. The predicted octanol–water partition coefficient (Wildman–Crippen LogP) is 2.03. The van der Waals surface area contributed by atoms with Gasteiger partial charge in [0, 0.05) is 11.6 Å². The summed E-state index contributed by atoms with van der Waals surface area (Å²) in [4.78, 5) is 19.4. The second-order valence-electron chi connectivity index (χ2n) is 7.61. The Bertz CT molecular complexity index is 949. The van der Waals surface area contributed by atoms with Crippen molar-refractivity contribution in [3.63, 3.8) is 0 Å². The largest absolute Gasteiger partial charge is 0.441 e. The quantitative estimate of drug-likeness (QED) is 0.840. The average molecular weight is 404 g/mol. The van der Waals surface area contributed by atoms with E-state index in [9.17, 15) is 13.2 Å². The molecular formula is C20H25N3O4S. The van der Waals surface area contributed by atoms with E-state index < -0.39 is 15.9 Å². The van der Waals surface area contributed by atoms with E-state index >= 15 is 0 Å². The number of carbonyl (C=O) groups excluding carboxylic acids is 1. The molecule has 0 saturated carbocycles. The van der Waals surface area contributed by atoms with E-state index in [1.807, 2.05) is 30.3 Å². The van der Waals surface area contributed by atoms with Crippen LogP contribution in [0.4, 0.5) is 0 Å². The van der Waals surface area contributed by atoms with Crippen LogP contribution in [0, 0.1) is 6.92 Å². The number of nitrogens with one attached hydrogen (secondary N) is 1. The van der Waals surface area contributed by atoms with Gasteiger partial charge in [0.05, 0.1) is 17.5 Å². The summed E-state index contributed by atoms with van der Waals surface area (Å²) in [7, 11) is -3.17. The van der Waals surface area contributed by atoms with Gasteiger partial charge in [-0.3, -0.25) is 9.69 Å². The first-order valence-corrected chi connectivity index (χ1v) is 11.5. The number of nitrogens with zero attached hydrogens (tertiary/aromatic N) is 2. The zero-order valence-electron chi connectivity index (χ0n) is 15.9. The number of sulfone groups is 1. The highest BCUT2D eigenvalue weighted by Crippen LogP contribution is 2.24. The maximum Gasteiger partial charge on any atom is 0.273 e. The molecule has 2 saturated heterocycles. The lowest BCUT2D eigenvalue weighted by molar-refractivity contribution is 0.0894. The lowest BCUT2D eigenvalue weighted by Crippen LogP contribution is -2.52. The first kappa shape index (κ1) is 19.1. The zero-order chi connectivity index (χ0) is 19.7. The molecule has 4 rings (SSSR count). The molecule has 2 atom stereocenters. The summed E-state index contributed by atoms with van der Waals surface area (Å²) < 4.78 is 30.2. The van der Waals surface area contributed by atoms with Crippen molar-refractivity contribution < 1.29 is 17.6 Å². The second-order valence-corrected chi connectivity index (χ2v) is 9.76. The third-order valence-electron chi connectivity index (χ3n) is 5.53. The van der Waals surface area contributed by atoms with Gasteiger partial charge in [-0.25, -0.2) is 13.4 Å². The van der Waals surface area contributed by atoms with Crippen molar-refractivity contribution in [2.75, 3.05) is 24.6 Å². The van der Waals surface area contributed by atoms with Gasteiger partial charge in [0.1, 0.15) is 5.76 Å². The topological polar surface area (TPSA) is 92.5 Å². The number of amides is 1. The molecule has 1 amide bonds. The molecule has 1 N–H and O–H groups in total. The van der Waals surface area contributed by atoms with Gasteiger partial charge in [-0.05, 0) is 45.0 Å². The van der Waals surface area contributed by atoms with Crippen LogP contribution >= 0.6 is 0 Å². The minimum absolute atomic E-state index is 0.0254. The first-order valence-electron chi connectivity index (χ1n) is 9.71. The maximum absolute atomic E-state index is 12.9. The fraction of sp³-hybridized carbons (Fsp3) is 0.500. The monoisotopic (exact) mass is 403 g/mol. The van der Waals surface area contributed by atoms with Crippen LogP contribution in [0.1, 0.15) is 35.5 Å². The molecule has 1 aromatic carbocycles. The lowest BCUT2D eigenvalue weighted by Gasteiger charge is -2.34. The summed E-state index contributed by atoms with van der Waals surface area (Å²) in [5.41, 5.74) is 1.000. The molecule has 1 aromatic heterocycles. The fourth-order valence-electron chi connectivity index (χ4n) is 4.12. The molecule has 2 unspecified atom stereocenters. The Morgan fingerprint density at radius 2 is 1.86 bits per heavy atom. The third-order valence-corrected chi connectivity index (χ3v) is 7.25. The highest BCUT2D eigenvalue weighted by molar-refractivity contribution is 7.91. The van der Waals surface area contributed by atoms with Gasteiger partial charge in [-0.2, -0.15) is 0 Å². The van der Waals surface area contributed by atoms with Crippen molar-refractivity contribution in [2.24, 2.45) is 0 Å². The fourth-order valence-corrected chi connectivity index (χ4v) is 6.08. The molecule has 3 heterocycles. The normalized spacial score (nSPS) is 24.9. The molecule has 2 fully saturated rings. The van der Waals surface area contributed by atoms with Crippen molar-refractivity contribution in [2.45, 2.75) is 38.3 Å². The van der Waals surface area contributed by atoms with Crippen LogP contribution < -0.4 is 5.32 Å². The minimum atomic E-state index is -3.17. The van der Waals surface area contributed by atoms with Gasteiger partial charge in [-0.15, -0.1) is 0 Å². The van der Waals surface area contributed by atoms with Crippen LogP contribution in [0.3, 0.4) is 0 Å². The van der Waals surface area contributed by atoms with Crippen LogP contribution in [0.5, 0.6) is 0 Å². The van der Waals surface area contributed by atoms with Gasteiger partial charge in [-0.1, -0.05) is 24.6 Å². The Balaban J connectivity index is 1.53. The number of aryl methyl sites for hydroxylation is 1. The van der Waals surface area contributed by atoms with Crippen LogP contribution in [0.2, 0.25) is 0 Å². The van der Waals surface area contributed by atoms with Crippen molar-refractivity contribution in [1.82, 2.24) is 15.2 Å². The van der Waals surface area contributed by atoms with Crippen LogP contribution in [-0.2, 0) is 9.84 Å². The van der Waals surface area contributed by atoms with E-state index in [0.29, 0.717) is 11.7 Å². The highest BCUT2D eigenvalue weighted by atomic mass is 32.2. The maximum atomic E-state index is 12.9. The highest BCUT2D eigenvalue weighted by Gasteiger charge is 2.42. The lowest BCUT2D eigenvalue weighted by atomic mass is 10.0. The molecule has 28 heavy (non-hydrogen) atoms. The number of aromatic nitrogens is 1. The molecule has 8 heteroatoms. The van der Waals surface area contributed by atoms with Crippen molar-refractivity contribution in [3.05, 3.63) is 41.8 Å². The predicted molar refractivity (Wildman–Crippen MR) is 106 cm³/mol. The summed E-state index contributed by atoms with van der Waals surface area (Å²) in [5, 5.41) is 2.92. The molecular weight excluding hydrogens is 378 g/mol. The summed E-state index contributed by atoms with van der Waals surface area (Å²) in [5.74, 6) is 0.502. The Kier molecular flexibility index (Phi) is 5.25. The SMILES string of the molecule is Cc1oc(-c2ccccc2)nc1C(=O)NC1CS(=O)(=O)CC1N1CCCCC1. The van der Waals surface area contributed by atoms with Crippen molar-refractivity contribution in [3.8, 4) is 11.5 Å². The third kappa shape index (κ3) is 3.98. The molecule has 0 spiro atoms. The van der Waals surface area contributed by atoms with E-state index in [1.54, 1.807) is 6.92 Å². The zero-order valence-corrected chi connectivity index (χ0v) is 16.7. The minimum Gasteiger partial charge on any atom is -0.441 e. The van der Waals surface area contributed by atoms with E-state index in [2.05, 4.69) is 15.2 Å². The van der Waals surface area contributed by atoms with Gasteiger partial charge in [0.2, 0.25) is 5.89 Å². The van der Waals surface area contributed by atoms with Gasteiger partial charge in [0.15, 0.2) is 15.5 Å². The van der Waals surface area contributed by atoms with Crippen LogP contribution in [0.25, 0.3) is 11.5 Å². The van der Waals surface area contributed by atoms with E-state index in [4.69, 9.17) is 4.42 Å². The summed E-state index contributed by atoms with van der Waals surface area (Å²) in [6.45, 7) is 3.46. The Morgan fingerprint density at radius 1 is 1.14 bits per heavy atom. The number of rotatable bonds is 4. The Labute approximate surface area is 165 Å². The average Bonchev–Trinajstić information content (AvgIpc) is 3.22. The number of hydrogen-bond donors (Lipinski definition) is 1. The van der Waals surface area contributed by atoms with Crippen LogP contribution in [-0.4, -0.2) is 60.9 Å². The molecule has 7 nitrogen and oxygen atoms in total. The van der Waals surface area contributed by atoms with E-state index in [1.165, 1.54) is 6.42 Å². The van der Waals surface area contributed by atoms with Gasteiger partial charge >= 0.3 is 0 Å². The van der Waals surface area contributed by atoms with E-state index in [0.717, 1.165) is 31.5 Å². The smallest absolute Gasteiger partial charge is 0.273 e. The molecule has 2 aliphatic rings. The van der Waals surface area contributed by atoms with Crippen molar-refractivity contribution >= 4 is 15.7 Å². The Morgan fingerprint density at radius 3 is 2.57 bits per heavy atom. The molecule has 150 valence electrons. The molecule has 0 aliphatic carbocycles. The number of benzene rings is 1.